The molecule has 5 nitrogen and oxygen atoms in total. The summed E-state index contributed by atoms with van der Waals surface area (Å²) in [6, 6.07) is 0. The summed E-state index contributed by atoms with van der Waals surface area (Å²) < 4.78 is 8.88. The third-order valence-electron chi connectivity index (χ3n) is 3.51. The number of hydrogen-bond donors (Lipinski definition) is 4. The first-order valence-corrected chi connectivity index (χ1v) is 10.4. The Labute approximate surface area is 185 Å². The quantitative estimate of drug-likeness (QED) is 0.208. The van der Waals surface area contributed by atoms with Crippen LogP contribution in [0, 0.1) is 0 Å². The van der Waals surface area contributed by atoms with Crippen LogP contribution in [0.4, 0.5) is 0 Å². The predicted octanol–water partition coefficient (Wildman–Crippen LogP) is 3.88. The van der Waals surface area contributed by atoms with E-state index in [0.29, 0.717) is 6.61 Å². The molecule has 0 aliphatic heterocycles. The van der Waals surface area contributed by atoms with Crippen molar-refractivity contribution in [3.8, 4) is 0 Å². The summed E-state index contributed by atoms with van der Waals surface area (Å²) >= 11 is 0. The zero-order valence-electron chi connectivity index (χ0n) is 14.3. The number of aliphatic hydroxyl groups excluding tert-OH is 1. The molecule has 0 heterocycles. The Hall–Kier alpha value is 1.71. The van der Waals surface area contributed by atoms with Crippen LogP contribution >= 0.6 is 7.82 Å². The molecule has 0 saturated carbocycles. The van der Waals surface area contributed by atoms with Crippen molar-refractivity contribution < 1.29 is 24.4 Å². The maximum atomic E-state index is 8.88. The fourth-order valence-corrected chi connectivity index (χ4v) is 2.31. The molecule has 138 valence electrons. The summed E-state index contributed by atoms with van der Waals surface area (Å²) in [5.74, 6) is 0. The van der Waals surface area contributed by atoms with Crippen molar-refractivity contribution in [3.63, 3.8) is 0 Å². The number of hydrogen-bond acceptors (Lipinski definition) is 2. The van der Waals surface area contributed by atoms with E-state index in [1.54, 1.807) is 0 Å². The normalized spacial score (nSPS) is 10.7. The molecule has 0 aliphatic rings. The maximum absolute atomic E-state index is 8.88. The molecular weight excluding hydrogens is 342 g/mol. The van der Waals surface area contributed by atoms with Crippen molar-refractivity contribution in [3.05, 3.63) is 0 Å². The van der Waals surface area contributed by atoms with Crippen molar-refractivity contribution in [2.75, 3.05) is 6.61 Å². The Morgan fingerprint density at radius 2 is 0.826 bits per heavy atom. The zero-order chi connectivity index (χ0) is 17.1. The second-order valence-corrected chi connectivity index (χ2v) is 6.86. The third kappa shape index (κ3) is 45.3. The Kier molecular flexibility index (Phi) is 30.4. The average molecular weight is 381 g/mol. The Morgan fingerprint density at radius 3 is 1.04 bits per heavy atom. The summed E-state index contributed by atoms with van der Waals surface area (Å²) in [4.78, 5) is 21.6. The summed E-state index contributed by atoms with van der Waals surface area (Å²) in [6.07, 6.45) is 19.2. The monoisotopic (exact) mass is 380 g/mol. The van der Waals surface area contributed by atoms with Gasteiger partial charge in [0.2, 0.25) is 0 Å². The standard InChI is InChI=1S/C16H34O.K.H3O4P.H/c1-2-3-4-5-6-7-8-9-10-11-12-13-14-15-16-17;;1-5(2,3)4;/h17H,2-16H2,1H3;;(H3,1,2,3,4);. The molecule has 0 aliphatic carbocycles. The molecule has 0 fully saturated rings. The van der Waals surface area contributed by atoms with Crippen LogP contribution in [-0.4, -0.2) is 77.8 Å². The molecule has 0 aromatic heterocycles. The van der Waals surface area contributed by atoms with Gasteiger partial charge in [0, 0.05) is 6.61 Å². The van der Waals surface area contributed by atoms with Gasteiger partial charge in [-0.2, -0.15) is 0 Å². The van der Waals surface area contributed by atoms with E-state index in [1.807, 2.05) is 0 Å². The van der Waals surface area contributed by atoms with E-state index < -0.39 is 7.82 Å². The molecular formula is C16H38KO5P. The molecule has 0 radical (unpaired) electrons. The second kappa shape index (κ2) is 23.7. The molecule has 0 aromatic carbocycles. The van der Waals surface area contributed by atoms with Crippen LogP contribution in [0.1, 0.15) is 96.8 Å². The van der Waals surface area contributed by atoms with Crippen molar-refractivity contribution in [2.45, 2.75) is 96.8 Å². The van der Waals surface area contributed by atoms with Crippen molar-refractivity contribution in [1.82, 2.24) is 0 Å². The molecule has 23 heavy (non-hydrogen) atoms. The van der Waals surface area contributed by atoms with Gasteiger partial charge in [0.05, 0.1) is 0 Å². The van der Waals surface area contributed by atoms with Gasteiger partial charge >= 0.3 is 59.2 Å². The fourth-order valence-electron chi connectivity index (χ4n) is 2.31. The number of phosphoric acid groups is 1. The first kappa shape index (κ1) is 29.5. The molecule has 0 saturated heterocycles. The van der Waals surface area contributed by atoms with Crippen LogP contribution in [0.15, 0.2) is 0 Å². The molecule has 0 spiro atoms. The van der Waals surface area contributed by atoms with Gasteiger partial charge in [0.15, 0.2) is 0 Å². The zero-order valence-corrected chi connectivity index (χ0v) is 15.1. The molecule has 0 unspecified atom stereocenters. The number of rotatable bonds is 14. The summed E-state index contributed by atoms with van der Waals surface area (Å²) in [7, 11) is -4.64. The minimum atomic E-state index is -4.64. The summed E-state index contributed by atoms with van der Waals surface area (Å²) in [6.45, 7) is 2.65. The van der Waals surface area contributed by atoms with Gasteiger partial charge < -0.3 is 19.8 Å². The molecule has 0 atom stereocenters. The molecule has 0 aromatic rings. The van der Waals surface area contributed by atoms with Gasteiger partial charge in [-0.3, -0.25) is 0 Å². The van der Waals surface area contributed by atoms with E-state index in [4.69, 9.17) is 24.4 Å². The first-order chi connectivity index (χ1) is 10.4. The van der Waals surface area contributed by atoms with Gasteiger partial charge in [-0.25, -0.2) is 4.57 Å². The molecule has 4 N–H and O–H groups in total. The first-order valence-electron chi connectivity index (χ1n) is 8.81. The van der Waals surface area contributed by atoms with E-state index >= 15 is 0 Å². The van der Waals surface area contributed by atoms with Crippen LogP contribution in [0.3, 0.4) is 0 Å². The molecule has 0 rings (SSSR count). The van der Waals surface area contributed by atoms with Gasteiger partial charge in [-0.15, -0.1) is 0 Å². The Morgan fingerprint density at radius 1 is 0.609 bits per heavy atom. The molecule has 7 heteroatoms. The Balaban J connectivity index is -0.000000578. The van der Waals surface area contributed by atoms with E-state index in [-0.39, 0.29) is 51.4 Å². The van der Waals surface area contributed by atoms with Gasteiger partial charge in [0.25, 0.3) is 0 Å². The van der Waals surface area contributed by atoms with E-state index in [1.165, 1.54) is 83.5 Å². The predicted molar refractivity (Wildman–Crippen MR) is 98.8 cm³/mol. The van der Waals surface area contributed by atoms with Crippen LogP contribution in [0.5, 0.6) is 0 Å². The topological polar surface area (TPSA) is 98.0 Å². The summed E-state index contributed by atoms with van der Waals surface area (Å²) in [5, 5.41) is 8.64. The van der Waals surface area contributed by atoms with E-state index in [9.17, 15) is 0 Å². The van der Waals surface area contributed by atoms with Crippen LogP contribution in [0.2, 0.25) is 0 Å². The third-order valence-corrected chi connectivity index (χ3v) is 3.51. The number of aliphatic hydroxyl groups is 1. The second-order valence-electron chi connectivity index (χ2n) is 5.83. The van der Waals surface area contributed by atoms with Crippen molar-refractivity contribution >= 4 is 59.2 Å². The summed E-state index contributed by atoms with van der Waals surface area (Å²) in [5.41, 5.74) is 0. The number of unbranched alkanes of at least 4 members (excludes halogenated alkanes) is 13. The van der Waals surface area contributed by atoms with Crippen molar-refractivity contribution in [2.24, 2.45) is 0 Å². The van der Waals surface area contributed by atoms with Crippen LogP contribution in [-0.2, 0) is 4.57 Å². The molecule has 0 amide bonds. The fraction of sp³-hybridized carbons (Fsp3) is 1.00. The van der Waals surface area contributed by atoms with Crippen molar-refractivity contribution in [1.29, 1.82) is 0 Å². The van der Waals surface area contributed by atoms with E-state index in [0.717, 1.165) is 6.42 Å². The van der Waals surface area contributed by atoms with Crippen LogP contribution < -0.4 is 0 Å². The van der Waals surface area contributed by atoms with Crippen LogP contribution in [0.25, 0.3) is 0 Å². The van der Waals surface area contributed by atoms with Gasteiger partial charge in [-0.05, 0) is 6.42 Å². The van der Waals surface area contributed by atoms with E-state index in [2.05, 4.69) is 6.92 Å². The Bertz CT molecular complexity index is 226. The van der Waals surface area contributed by atoms with Gasteiger partial charge in [-0.1, -0.05) is 90.4 Å². The molecule has 0 bridgehead atoms. The van der Waals surface area contributed by atoms with Gasteiger partial charge in [0.1, 0.15) is 0 Å². The minimum absolute atomic E-state index is 0. The average Bonchev–Trinajstić information content (AvgIpc) is 2.42. The SMILES string of the molecule is CCCCCCCCCCCCCCCCO.O=P(O)(O)O.[KH].